The SMILES string of the molecule is CCCOCc1ccccc1CN=C(N)Nc1ccc(C)cc1. The van der Waals surface area contributed by atoms with E-state index in [4.69, 9.17) is 10.5 Å². The van der Waals surface area contributed by atoms with Crippen LogP contribution < -0.4 is 11.1 Å². The number of aryl methyl sites for hydroxylation is 1. The molecule has 0 heterocycles. The molecule has 0 radical (unpaired) electrons. The first-order valence-corrected chi connectivity index (χ1v) is 7.97. The first-order chi connectivity index (χ1) is 11.2. The molecule has 0 aromatic heterocycles. The molecule has 2 aromatic rings. The maximum Gasteiger partial charge on any atom is 0.193 e. The third-order valence-electron chi connectivity index (χ3n) is 3.47. The minimum absolute atomic E-state index is 0.415. The molecule has 0 aliphatic carbocycles. The van der Waals surface area contributed by atoms with Gasteiger partial charge >= 0.3 is 0 Å². The van der Waals surface area contributed by atoms with E-state index in [1.54, 1.807) is 0 Å². The first kappa shape index (κ1) is 17.0. The van der Waals surface area contributed by atoms with Crippen molar-refractivity contribution in [3.63, 3.8) is 0 Å². The fourth-order valence-corrected chi connectivity index (χ4v) is 2.17. The zero-order chi connectivity index (χ0) is 16.5. The van der Waals surface area contributed by atoms with Crippen LogP contribution in [0.1, 0.15) is 30.0 Å². The van der Waals surface area contributed by atoms with Gasteiger partial charge in [-0.05, 0) is 36.6 Å². The van der Waals surface area contributed by atoms with E-state index in [1.165, 1.54) is 5.56 Å². The van der Waals surface area contributed by atoms with Crippen molar-refractivity contribution in [2.75, 3.05) is 11.9 Å². The third-order valence-corrected chi connectivity index (χ3v) is 3.47. The lowest BCUT2D eigenvalue weighted by atomic mass is 10.1. The second kappa shape index (κ2) is 8.96. The Labute approximate surface area is 138 Å². The highest BCUT2D eigenvalue weighted by Gasteiger charge is 2.02. The second-order valence-electron chi connectivity index (χ2n) is 5.51. The van der Waals surface area contributed by atoms with E-state index in [0.29, 0.717) is 19.1 Å². The summed E-state index contributed by atoms with van der Waals surface area (Å²) in [5.41, 5.74) is 10.4. The fourth-order valence-electron chi connectivity index (χ4n) is 2.17. The Balaban J connectivity index is 1.97. The quantitative estimate of drug-likeness (QED) is 0.464. The molecule has 0 saturated carbocycles. The Bertz CT molecular complexity index is 635. The average molecular weight is 311 g/mol. The number of benzene rings is 2. The number of ether oxygens (including phenoxy) is 1. The Morgan fingerprint density at radius 1 is 1.09 bits per heavy atom. The van der Waals surface area contributed by atoms with E-state index in [1.807, 2.05) is 36.4 Å². The predicted octanol–water partition coefficient (Wildman–Crippen LogP) is 3.85. The van der Waals surface area contributed by atoms with Gasteiger partial charge in [0.1, 0.15) is 0 Å². The number of nitrogens with zero attached hydrogens (tertiary/aromatic N) is 1. The summed E-state index contributed by atoms with van der Waals surface area (Å²) in [4.78, 5) is 4.43. The van der Waals surface area contributed by atoms with Gasteiger partial charge in [-0.15, -0.1) is 0 Å². The zero-order valence-corrected chi connectivity index (χ0v) is 13.9. The molecule has 122 valence electrons. The van der Waals surface area contributed by atoms with Crippen molar-refractivity contribution in [1.29, 1.82) is 0 Å². The van der Waals surface area contributed by atoms with Crippen LogP contribution in [-0.2, 0) is 17.9 Å². The second-order valence-corrected chi connectivity index (χ2v) is 5.51. The highest BCUT2D eigenvalue weighted by Crippen LogP contribution is 2.12. The third kappa shape index (κ3) is 5.75. The maximum absolute atomic E-state index is 5.97. The molecule has 0 saturated heterocycles. The lowest BCUT2D eigenvalue weighted by Gasteiger charge is -2.09. The smallest absolute Gasteiger partial charge is 0.193 e. The summed E-state index contributed by atoms with van der Waals surface area (Å²) < 4.78 is 5.63. The largest absolute Gasteiger partial charge is 0.377 e. The van der Waals surface area contributed by atoms with Crippen LogP contribution in [0.15, 0.2) is 53.5 Å². The van der Waals surface area contributed by atoms with Gasteiger partial charge in [-0.25, -0.2) is 4.99 Å². The molecule has 0 amide bonds. The molecular weight excluding hydrogens is 286 g/mol. The van der Waals surface area contributed by atoms with Gasteiger partial charge in [-0.2, -0.15) is 0 Å². The van der Waals surface area contributed by atoms with Crippen molar-refractivity contribution in [3.05, 3.63) is 65.2 Å². The summed E-state index contributed by atoms with van der Waals surface area (Å²) in [6.45, 7) is 6.09. The molecule has 0 aliphatic rings. The van der Waals surface area contributed by atoms with Gasteiger partial charge in [0.25, 0.3) is 0 Å². The summed E-state index contributed by atoms with van der Waals surface area (Å²) in [6.07, 6.45) is 1.02. The summed E-state index contributed by atoms with van der Waals surface area (Å²) in [6, 6.07) is 16.2. The van der Waals surface area contributed by atoms with Gasteiger partial charge in [0.2, 0.25) is 0 Å². The Morgan fingerprint density at radius 3 is 2.48 bits per heavy atom. The molecule has 0 aliphatic heterocycles. The van der Waals surface area contributed by atoms with E-state index in [2.05, 4.69) is 36.3 Å². The van der Waals surface area contributed by atoms with Gasteiger partial charge in [0.15, 0.2) is 5.96 Å². The first-order valence-electron chi connectivity index (χ1n) is 7.97. The highest BCUT2D eigenvalue weighted by molar-refractivity contribution is 5.92. The van der Waals surface area contributed by atoms with E-state index in [0.717, 1.165) is 29.8 Å². The molecule has 0 spiro atoms. The van der Waals surface area contributed by atoms with Crippen molar-refractivity contribution in [2.24, 2.45) is 10.7 Å². The standard InChI is InChI=1S/C19H25N3O/c1-3-12-23-14-17-7-5-4-6-16(17)13-21-19(20)22-18-10-8-15(2)9-11-18/h4-11H,3,12-14H2,1-2H3,(H3,20,21,22). The number of guanidine groups is 1. The van der Waals surface area contributed by atoms with Crippen LogP contribution in [0.3, 0.4) is 0 Å². The van der Waals surface area contributed by atoms with Crippen molar-refractivity contribution in [2.45, 2.75) is 33.4 Å². The molecule has 2 rings (SSSR count). The topological polar surface area (TPSA) is 59.6 Å². The Morgan fingerprint density at radius 2 is 1.78 bits per heavy atom. The molecule has 0 atom stereocenters. The Kier molecular flexibility index (Phi) is 6.63. The van der Waals surface area contributed by atoms with Crippen LogP contribution in [0.4, 0.5) is 5.69 Å². The number of rotatable bonds is 7. The van der Waals surface area contributed by atoms with Crippen molar-refractivity contribution in [3.8, 4) is 0 Å². The number of anilines is 1. The molecule has 2 aromatic carbocycles. The number of hydrogen-bond acceptors (Lipinski definition) is 2. The lowest BCUT2D eigenvalue weighted by Crippen LogP contribution is -2.22. The van der Waals surface area contributed by atoms with Gasteiger partial charge in [-0.3, -0.25) is 0 Å². The van der Waals surface area contributed by atoms with Crippen molar-refractivity contribution >= 4 is 11.6 Å². The maximum atomic E-state index is 5.97. The molecule has 0 bridgehead atoms. The van der Waals surface area contributed by atoms with Gasteiger partial charge in [0.05, 0.1) is 13.2 Å². The average Bonchev–Trinajstić information content (AvgIpc) is 2.56. The molecule has 4 heteroatoms. The van der Waals surface area contributed by atoms with Crippen LogP contribution in [0, 0.1) is 6.92 Å². The molecule has 3 N–H and O–H groups in total. The van der Waals surface area contributed by atoms with Gasteiger partial charge < -0.3 is 15.8 Å². The summed E-state index contributed by atoms with van der Waals surface area (Å²) in [5.74, 6) is 0.415. The number of aliphatic imine (C=N–C) groups is 1. The van der Waals surface area contributed by atoms with E-state index >= 15 is 0 Å². The van der Waals surface area contributed by atoms with E-state index in [9.17, 15) is 0 Å². The predicted molar refractivity (Wildman–Crippen MR) is 96.5 cm³/mol. The van der Waals surface area contributed by atoms with Gasteiger partial charge in [0, 0.05) is 12.3 Å². The minimum atomic E-state index is 0.415. The summed E-state index contributed by atoms with van der Waals surface area (Å²) in [5, 5.41) is 3.11. The van der Waals surface area contributed by atoms with Crippen molar-refractivity contribution < 1.29 is 4.74 Å². The van der Waals surface area contributed by atoms with Crippen LogP contribution in [0.5, 0.6) is 0 Å². The Hall–Kier alpha value is -2.33. The molecular formula is C19H25N3O. The molecule has 0 fully saturated rings. The van der Waals surface area contributed by atoms with E-state index < -0.39 is 0 Å². The molecule has 0 unspecified atom stereocenters. The zero-order valence-electron chi connectivity index (χ0n) is 13.9. The van der Waals surface area contributed by atoms with Crippen LogP contribution in [-0.4, -0.2) is 12.6 Å². The molecule has 23 heavy (non-hydrogen) atoms. The van der Waals surface area contributed by atoms with Crippen LogP contribution >= 0.6 is 0 Å². The summed E-state index contributed by atoms with van der Waals surface area (Å²) >= 11 is 0. The van der Waals surface area contributed by atoms with Crippen molar-refractivity contribution in [1.82, 2.24) is 0 Å². The fraction of sp³-hybridized carbons (Fsp3) is 0.316. The van der Waals surface area contributed by atoms with Crippen LogP contribution in [0.2, 0.25) is 0 Å². The summed E-state index contributed by atoms with van der Waals surface area (Å²) in [7, 11) is 0. The lowest BCUT2D eigenvalue weighted by molar-refractivity contribution is 0.121. The molecule has 4 nitrogen and oxygen atoms in total. The number of hydrogen-bond donors (Lipinski definition) is 2. The highest BCUT2D eigenvalue weighted by atomic mass is 16.5. The van der Waals surface area contributed by atoms with E-state index in [-0.39, 0.29) is 0 Å². The number of nitrogens with two attached hydrogens (primary N) is 1. The van der Waals surface area contributed by atoms with Crippen LogP contribution in [0.25, 0.3) is 0 Å². The number of nitrogens with one attached hydrogen (secondary N) is 1. The monoisotopic (exact) mass is 311 g/mol. The minimum Gasteiger partial charge on any atom is -0.377 e. The normalized spacial score (nSPS) is 11.5. The van der Waals surface area contributed by atoms with Gasteiger partial charge in [-0.1, -0.05) is 48.9 Å².